The first kappa shape index (κ1) is 17.0. The maximum atomic E-state index is 12.4. The Morgan fingerprint density at radius 1 is 1.38 bits per heavy atom. The summed E-state index contributed by atoms with van der Waals surface area (Å²) in [5, 5.41) is 8.54. The summed E-state index contributed by atoms with van der Waals surface area (Å²) >= 11 is 0. The molecule has 5 nitrogen and oxygen atoms in total. The Kier molecular flexibility index (Phi) is 6.15. The third kappa shape index (κ3) is 4.74. The quantitative estimate of drug-likeness (QED) is 0.616. The van der Waals surface area contributed by atoms with Gasteiger partial charge in [-0.15, -0.1) is 6.42 Å². The highest BCUT2D eigenvalue weighted by Crippen LogP contribution is 2.17. The molecule has 0 aromatic heterocycles. The zero-order chi connectivity index (χ0) is 15.9. The van der Waals surface area contributed by atoms with Crippen molar-refractivity contribution in [3.63, 3.8) is 0 Å². The van der Waals surface area contributed by atoms with Gasteiger partial charge >= 0.3 is 5.97 Å². The van der Waals surface area contributed by atoms with Gasteiger partial charge in [-0.05, 0) is 30.2 Å². The molecule has 0 spiro atoms. The monoisotopic (exact) mass is 307 g/mol. The maximum Gasteiger partial charge on any atom is 0.328 e. The molecule has 0 amide bonds. The van der Waals surface area contributed by atoms with E-state index in [1.54, 1.807) is 12.1 Å². The van der Waals surface area contributed by atoms with E-state index in [9.17, 15) is 13.2 Å². The lowest BCUT2D eigenvalue weighted by molar-refractivity contribution is -0.131. The van der Waals surface area contributed by atoms with Gasteiger partial charge in [-0.1, -0.05) is 25.0 Å². The lowest BCUT2D eigenvalue weighted by atomic mass is 10.2. The van der Waals surface area contributed by atoms with Crippen LogP contribution >= 0.6 is 0 Å². The van der Waals surface area contributed by atoms with Crippen molar-refractivity contribution in [2.45, 2.75) is 18.2 Å². The van der Waals surface area contributed by atoms with Crippen LogP contribution in [-0.2, 0) is 14.8 Å². The molecule has 0 bridgehead atoms. The first-order valence-electron chi connectivity index (χ1n) is 6.36. The minimum absolute atomic E-state index is 0.0246. The minimum Gasteiger partial charge on any atom is -0.478 e. The van der Waals surface area contributed by atoms with Crippen molar-refractivity contribution in [3.05, 3.63) is 35.9 Å². The summed E-state index contributed by atoms with van der Waals surface area (Å²) in [6, 6.07) is 5.98. The van der Waals surface area contributed by atoms with Crippen LogP contribution in [0.2, 0.25) is 0 Å². The molecule has 0 saturated heterocycles. The van der Waals surface area contributed by atoms with Gasteiger partial charge in [0.15, 0.2) is 0 Å². The standard InChI is InChI=1S/C15H17NO4S/c1-3-11-16(12-4-2)21(19,20)14-8-5-13(6-9-14)7-10-15(17)18/h1,5-10H,4,11-12H2,2H3,(H,17,18)/b10-7+. The van der Waals surface area contributed by atoms with Gasteiger partial charge in [0.25, 0.3) is 0 Å². The summed E-state index contributed by atoms with van der Waals surface area (Å²) < 4.78 is 26.1. The normalized spacial score (nSPS) is 11.7. The average Bonchev–Trinajstić information content (AvgIpc) is 2.45. The third-order valence-corrected chi connectivity index (χ3v) is 4.54. The van der Waals surface area contributed by atoms with Crippen molar-refractivity contribution in [2.75, 3.05) is 13.1 Å². The second-order valence-electron chi connectivity index (χ2n) is 4.28. The minimum atomic E-state index is -3.62. The Balaban J connectivity index is 3.04. The van der Waals surface area contributed by atoms with Crippen molar-refractivity contribution in [3.8, 4) is 12.3 Å². The lowest BCUT2D eigenvalue weighted by Gasteiger charge is -2.19. The molecular weight excluding hydrogens is 290 g/mol. The molecule has 1 rings (SSSR count). The number of carboxylic acids is 1. The molecule has 1 aromatic carbocycles. The van der Waals surface area contributed by atoms with Crippen LogP contribution in [0.5, 0.6) is 0 Å². The molecular formula is C15H17NO4S. The molecule has 1 aromatic rings. The van der Waals surface area contributed by atoms with Crippen molar-refractivity contribution in [2.24, 2.45) is 0 Å². The lowest BCUT2D eigenvalue weighted by Crippen LogP contribution is -2.32. The Hall–Kier alpha value is -2.10. The van der Waals surface area contributed by atoms with E-state index in [1.807, 2.05) is 6.92 Å². The molecule has 6 heteroatoms. The molecule has 0 radical (unpaired) electrons. The van der Waals surface area contributed by atoms with E-state index in [2.05, 4.69) is 5.92 Å². The topological polar surface area (TPSA) is 74.7 Å². The summed E-state index contributed by atoms with van der Waals surface area (Å²) in [7, 11) is -3.62. The van der Waals surface area contributed by atoms with E-state index in [1.165, 1.54) is 22.5 Å². The number of carboxylic acid groups (broad SMARTS) is 1. The number of aliphatic carboxylic acids is 1. The number of benzene rings is 1. The Morgan fingerprint density at radius 2 is 2.00 bits per heavy atom. The van der Waals surface area contributed by atoms with E-state index in [0.717, 1.165) is 6.08 Å². The Bertz CT molecular complexity index is 654. The second kappa shape index (κ2) is 7.62. The number of nitrogens with zero attached hydrogens (tertiary/aromatic N) is 1. The first-order valence-corrected chi connectivity index (χ1v) is 7.80. The van der Waals surface area contributed by atoms with Crippen molar-refractivity contribution in [1.82, 2.24) is 4.31 Å². The van der Waals surface area contributed by atoms with Gasteiger partial charge < -0.3 is 5.11 Å². The number of terminal acetylenes is 1. The predicted molar refractivity (Wildman–Crippen MR) is 81.0 cm³/mol. The number of rotatable bonds is 7. The maximum absolute atomic E-state index is 12.4. The smallest absolute Gasteiger partial charge is 0.328 e. The molecule has 0 unspecified atom stereocenters. The fraction of sp³-hybridized carbons (Fsp3) is 0.267. The molecule has 0 aliphatic carbocycles. The summed E-state index contributed by atoms with van der Waals surface area (Å²) in [6.45, 7) is 2.25. The SMILES string of the molecule is C#CCN(CCC)S(=O)(=O)c1ccc(/C=C/C(=O)O)cc1. The molecule has 0 aliphatic rings. The largest absolute Gasteiger partial charge is 0.478 e. The van der Waals surface area contributed by atoms with Gasteiger partial charge in [-0.25, -0.2) is 13.2 Å². The van der Waals surface area contributed by atoms with Crippen LogP contribution in [-0.4, -0.2) is 36.9 Å². The summed E-state index contributed by atoms with van der Waals surface area (Å²) in [4.78, 5) is 10.6. The second-order valence-corrected chi connectivity index (χ2v) is 6.22. The summed E-state index contributed by atoms with van der Waals surface area (Å²) in [5.41, 5.74) is 0.607. The van der Waals surface area contributed by atoms with E-state index >= 15 is 0 Å². The number of sulfonamides is 1. The summed E-state index contributed by atoms with van der Waals surface area (Å²) in [6.07, 6.45) is 8.26. The van der Waals surface area contributed by atoms with E-state index < -0.39 is 16.0 Å². The van der Waals surface area contributed by atoms with E-state index in [4.69, 9.17) is 11.5 Å². The summed E-state index contributed by atoms with van der Waals surface area (Å²) in [5.74, 6) is 1.28. The highest BCUT2D eigenvalue weighted by Gasteiger charge is 2.22. The van der Waals surface area contributed by atoms with Gasteiger partial charge in [-0.2, -0.15) is 4.31 Å². The van der Waals surface area contributed by atoms with Crippen molar-refractivity contribution < 1.29 is 18.3 Å². The fourth-order valence-electron chi connectivity index (χ4n) is 1.70. The molecule has 0 atom stereocenters. The molecule has 0 aliphatic heterocycles. The van der Waals surface area contributed by atoms with Gasteiger partial charge in [0, 0.05) is 12.6 Å². The zero-order valence-electron chi connectivity index (χ0n) is 11.7. The van der Waals surface area contributed by atoms with Crippen molar-refractivity contribution >= 4 is 22.1 Å². The van der Waals surface area contributed by atoms with Crippen LogP contribution in [0.1, 0.15) is 18.9 Å². The molecule has 21 heavy (non-hydrogen) atoms. The predicted octanol–water partition coefficient (Wildman–Crippen LogP) is 1.82. The third-order valence-electron chi connectivity index (χ3n) is 2.68. The highest BCUT2D eigenvalue weighted by molar-refractivity contribution is 7.89. The van der Waals surface area contributed by atoms with Crippen LogP contribution in [0.3, 0.4) is 0 Å². The van der Waals surface area contributed by atoms with Crippen LogP contribution in [0.15, 0.2) is 35.2 Å². The Labute approximate surface area is 125 Å². The van der Waals surface area contributed by atoms with E-state index in [-0.39, 0.29) is 11.4 Å². The average molecular weight is 307 g/mol. The molecule has 0 fully saturated rings. The number of hydrogen-bond donors (Lipinski definition) is 1. The molecule has 0 saturated carbocycles. The van der Waals surface area contributed by atoms with Crippen LogP contribution in [0, 0.1) is 12.3 Å². The fourth-order valence-corrected chi connectivity index (χ4v) is 3.15. The van der Waals surface area contributed by atoms with Crippen LogP contribution in [0.4, 0.5) is 0 Å². The Morgan fingerprint density at radius 3 is 2.48 bits per heavy atom. The van der Waals surface area contributed by atoms with Gasteiger partial charge in [-0.3, -0.25) is 0 Å². The van der Waals surface area contributed by atoms with Crippen molar-refractivity contribution in [1.29, 1.82) is 0 Å². The first-order chi connectivity index (χ1) is 9.91. The van der Waals surface area contributed by atoms with Gasteiger partial charge in [0.1, 0.15) is 0 Å². The molecule has 112 valence electrons. The number of carbonyl (C=O) groups is 1. The molecule has 0 heterocycles. The van der Waals surface area contributed by atoms with Gasteiger partial charge in [0.05, 0.1) is 11.4 Å². The highest BCUT2D eigenvalue weighted by atomic mass is 32.2. The van der Waals surface area contributed by atoms with E-state index in [0.29, 0.717) is 18.5 Å². The zero-order valence-corrected chi connectivity index (χ0v) is 12.5. The molecule has 1 N–H and O–H groups in total. The van der Waals surface area contributed by atoms with Crippen LogP contribution in [0.25, 0.3) is 6.08 Å². The van der Waals surface area contributed by atoms with Crippen LogP contribution < -0.4 is 0 Å². The van der Waals surface area contributed by atoms with Gasteiger partial charge in [0.2, 0.25) is 10.0 Å². The number of hydrogen-bond acceptors (Lipinski definition) is 3.